The molecule has 54 heavy (non-hydrogen) atoms. The second-order valence-corrected chi connectivity index (χ2v) is 17.9. The Kier molecular flexibility index (Phi) is 36.5. The van der Waals surface area contributed by atoms with Gasteiger partial charge in [0.15, 0.2) is 6.10 Å². The van der Waals surface area contributed by atoms with Gasteiger partial charge >= 0.3 is 19.8 Å². The van der Waals surface area contributed by atoms with Crippen LogP contribution in [0.25, 0.3) is 0 Å². The summed E-state index contributed by atoms with van der Waals surface area (Å²) >= 11 is 0. The summed E-state index contributed by atoms with van der Waals surface area (Å²) in [6.07, 6.45) is 38.2. The number of phosphoric ester groups is 1. The topological polar surface area (TPSA) is 108 Å². The maximum absolute atomic E-state index is 12.7. The van der Waals surface area contributed by atoms with Gasteiger partial charge in [-0.1, -0.05) is 167 Å². The second-order valence-electron chi connectivity index (χ2n) is 16.4. The number of allylic oxidation sites excluding steroid dienone is 2. The third kappa shape index (κ3) is 40.4. The molecule has 0 aliphatic carbocycles. The van der Waals surface area contributed by atoms with Crippen LogP contribution in [-0.2, 0) is 32.7 Å². The molecule has 320 valence electrons. The Balaban J connectivity index is 4.33. The molecule has 0 heterocycles. The predicted octanol–water partition coefficient (Wildman–Crippen LogP) is 12.6. The summed E-state index contributed by atoms with van der Waals surface area (Å²) in [5.41, 5.74) is 0. The minimum absolute atomic E-state index is 0.0342. The number of quaternary nitrogens is 1. The van der Waals surface area contributed by atoms with Gasteiger partial charge in [0.05, 0.1) is 27.7 Å². The Labute approximate surface area is 333 Å². The van der Waals surface area contributed by atoms with E-state index in [2.05, 4.69) is 26.0 Å². The summed E-state index contributed by atoms with van der Waals surface area (Å²) in [5, 5.41) is 0. The lowest BCUT2D eigenvalue weighted by atomic mass is 10.0. The Bertz CT molecular complexity index is 938. The van der Waals surface area contributed by atoms with E-state index in [4.69, 9.17) is 18.5 Å². The van der Waals surface area contributed by atoms with Crippen molar-refractivity contribution in [1.29, 1.82) is 0 Å². The summed E-state index contributed by atoms with van der Waals surface area (Å²) in [6.45, 7) is 4.43. The smallest absolute Gasteiger partial charge is 0.462 e. The zero-order valence-corrected chi connectivity index (χ0v) is 36.9. The van der Waals surface area contributed by atoms with Crippen LogP contribution in [0.1, 0.15) is 206 Å². The van der Waals surface area contributed by atoms with Crippen molar-refractivity contribution in [2.75, 3.05) is 47.5 Å². The lowest BCUT2D eigenvalue weighted by Gasteiger charge is -2.24. The van der Waals surface area contributed by atoms with Crippen LogP contribution >= 0.6 is 7.82 Å². The number of likely N-dealkylation sites (N-methyl/N-ethyl adjacent to an activating group) is 1. The molecule has 0 spiro atoms. The van der Waals surface area contributed by atoms with E-state index >= 15 is 0 Å². The molecule has 0 aliphatic heterocycles. The van der Waals surface area contributed by atoms with Gasteiger partial charge in [-0.3, -0.25) is 18.6 Å². The molecular formula is C44H87NO8P+. The Morgan fingerprint density at radius 3 is 1.39 bits per heavy atom. The molecular weight excluding hydrogens is 701 g/mol. The highest BCUT2D eigenvalue weighted by molar-refractivity contribution is 7.47. The maximum atomic E-state index is 12.7. The molecule has 1 unspecified atom stereocenters. The van der Waals surface area contributed by atoms with E-state index in [9.17, 15) is 19.0 Å². The summed E-state index contributed by atoms with van der Waals surface area (Å²) in [4.78, 5) is 35.4. The number of ether oxygens (including phenoxy) is 2. The van der Waals surface area contributed by atoms with Crippen molar-refractivity contribution in [3.05, 3.63) is 12.2 Å². The third-order valence-electron chi connectivity index (χ3n) is 9.80. The first-order valence-corrected chi connectivity index (χ1v) is 23.9. The van der Waals surface area contributed by atoms with Crippen molar-refractivity contribution in [1.82, 2.24) is 0 Å². The van der Waals surface area contributed by atoms with E-state index in [0.29, 0.717) is 17.4 Å². The van der Waals surface area contributed by atoms with Crippen LogP contribution in [0.3, 0.4) is 0 Å². The molecule has 2 atom stereocenters. The fourth-order valence-corrected chi connectivity index (χ4v) is 6.99. The average molecular weight is 789 g/mol. The number of hydrogen-bond acceptors (Lipinski definition) is 7. The zero-order valence-electron chi connectivity index (χ0n) is 36.0. The summed E-state index contributed by atoms with van der Waals surface area (Å²) < 4.78 is 34.3. The number of nitrogens with zero attached hydrogens (tertiary/aromatic N) is 1. The molecule has 1 N–H and O–H groups in total. The van der Waals surface area contributed by atoms with Crippen LogP contribution < -0.4 is 0 Å². The summed E-state index contributed by atoms with van der Waals surface area (Å²) in [7, 11) is 1.48. The van der Waals surface area contributed by atoms with Crippen LogP contribution in [0.4, 0.5) is 0 Å². The van der Waals surface area contributed by atoms with Crippen molar-refractivity contribution >= 4 is 19.8 Å². The SMILES string of the molecule is CCCCCC/C=C/CCCCCCCCCC(=O)OC[C@H](COP(=O)(O)OCC[N+](C)(C)C)OC(=O)CCCCCCCCCCCCCCCCC. The van der Waals surface area contributed by atoms with Crippen molar-refractivity contribution < 1.29 is 42.1 Å². The standard InChI is InChI=1S/C44H86NO8P/c1-6-8-10-12-14-16-18-20-22-24-26-28-30-32-34-36-43(46)50-40-42(41-52-54(48,49)51-39-38-45(3,4)5)53-44(47)37-35-33-31-29-27-25-23-21-19-17-15-13-11-9-7-2/h16,18,42H,6-15,17,19-41H2,1-5H3/p+1/b18-16+/t42-/m1/s1. The monoisotopic (exact) mass is 789 g/mol. The van der Waals surface area contributed by atoms with Gasteiger partial charge in [0.2, 0.25) is 0 Å². The molecule has 0 fully saturated rings. The van der Waals surface area contributed by atoms with Crippen LogP contribution in [0.5, 0.6) is 0 Å². The van der Waals surface area contributed by atoms with Crippen molar-refractivity contribution in [3.63, 3.8) is 0 Å². The Morgan fingerprint density at radius 1 is 0.556 bits per heavy atom. The Hall–Kier alpha value is -1.25. The van der Waals surface area contributed by atoms with Gasteiger partial charge in [-0.2, -0.15) is 0 Å². The first-order chi connectivity index (χ1) is 26.0. The van der Waals surface area contributed by atoms with Gasteiger partial charge < -0.3 is 18.9 Å². The minimum atomic E-state index is -4.37. The van der Waals surface area contributed by atoms with Crippen LogP contribution in [0.2, 0.25) is 0 Å². The van der Waals surface area contributed by atoms with Crippen molar-refractivity contribution in [2.45, 2.75) is 213 Å². The number of carbonyl (C=O) groups is 2. The zero-order chi connectivity index (χ0) is 40.0. The van der Waals surface area contributed by atoms with E-state index < -0.39 is 26.5 Å². The number of rotatable bonds is 41. The lowest BCUT2D eigenvalue weighted by Crippen LogP contribution is -2.37. The van der Waals surface area contributed by atoms with Crippen LogP contribution in [0.15, 0.2) is 12.2 Å². The molecule has 0 aromatic carbocycles. The van der Waals surface area contributed by atoms with Gasteiger partial charge in [-0.25, -0.2) is 4.57 Å². The first kappa shape index (κ1) is 52.8. The van der Waals surface area contributed by atoms with Gasteiger partial charge in [-0.15, -0.1) is 0 Å². The van der Waals surface area contributed by atoms with Gasteiger partial charge in [0.1, 0.15) is 19.8 Å². The molecule has 9 nitrogen and oxygen atoms in total. The number of unbranched alkanes of at least 4 members (excludes halogenated alkanes) is 25. The molecule has 0 saturated carbocycles. The number of esters is 2. The number of carbonyl (C=O) groups excluding carboxylic acids is 2. The molecule has 0 radical (unpaired) electrons. The predicted molar refractivity (Wildman–Crippen MR) is 224 cm³/mol. The Morgan fingerprint density at radius 2 is 0.944 bits per heavy atom. The summed E-state index contributed by atoms with van der Waals surface area (Å²) in [5.74, 6) is -0.794. The first-order valence-electron chi connectivity index (χ1n) is 22.4. The summed E-state index contributed by atoms with van der Waals surface area (Å²) in [6, 6.07) is 0. The van der Waals surface area contributed by atoms with E-state index in [1.54, 1.807) is 0 Å². The maximum Gasteiger partial charge on any atom is 0.472 e. The molecule has 10 heteroatoms. The molecule has 0 bridgehead atoms. The highest BCUT2D eigenvalue weighted by Crippen LogP contribution is 2.43. The molecule has 0 aliphatic rings. The minimum Gasteiger partial charge on any atom is -0.462 e. The second kappa shape index (κ2) is 37.3. The lowest BCUT2D eigenvalue weighted by molar-refractivity contribution is -0.870. The van der Waals surface area contributed by atoms with Crippen molar-refractivity contribution in [3.8, 4) is 0 Å². The van der Waals surface area contributed by atoms with E-state index in [1.807, 2.05) is 21.1 Å². The van der Waals surface area contributed by atoms with Crippen LogP contribution in [-0.4, -0.2) is 74.9 Å². The molecule has 0 saturated heterocycles. The molecule has 0 amide bonds. The van der Waals surface area contributed by atoms with Gasteiger partial charge in [-0.05, 0) is 38.5 Å². The van der Waals surface area contributed by atoms with Gasteiger partial charge in [0, 0.05) is 12.8 Å². The largest absolute Gasteiger partial charge is 0.472 e. The van der Waals surface area contributed by atoms with E-state index in [0.717, 1.165) is 32.1 Å². The van der Waals surface area contributed by atoms with Crippen LogP contribution in [0, 0.1) is 0 Å². The van der Waals surface area contributed by atoms with Crippen molar-refractivity contribution in [2.24, 2.45) is 0 Å². The highest BCUT2D eigenvalue weighted by Gasteiger charge is 2.27. The molecule has 0 aromatic heterocycles. The third-order valence-corrected chi connectivity index (χ3v) is 10.8. The normalized spacial score (nSPS) is 13.7. The fraction of sp³-hybridized carbons (Fsp3) is 0.909. The number of phosphoric acid groups is 1. The average Bonchev–Trinajstić information content (AvgIpc) is 3.12. The highest BCUT2D eigenvalue weighted by atomic mass is 31.2. The molecule has 0 aromatic rings. The van der Waals surface area contributed by atoms with E-state index in [-0.39, 0.29) is 32.0 Å². The van der Waals surface area contributed by atoms with Gasteiger partial charge in [0.25, 0.3) is 0 Å². The van der Waals surface area contributed by atoms with E-state index in [1.165, 1.54) is 141 Å². The number of hydrogen-bond donors (Lipinski definition) is 1. The fourth-order valence-electron chi connectivity index (χ4n) is 6.24. The quantitative estimate of drug-likeness (QED) is 0.0214. The molecule has 0 rings (SSSR count).